The van der Waals surface area contributed by atoms with Gasteiger partial charge in [0.1, 0.15) is 0 Å². The van der Waals surface area contributed by atoms with Crippen LogP contribution in [0, 0.1) is 6.92 Å². The van der Waals surface area contributed by atoms with Gasteiger partial charge in [-0.3, -0.25) is 0 Å². The van der Waals surface area contributed by atoms with Gasteiger partial charge in [-0.15, -0.1) is 0 Å². The summed E-state index contributed by atoms with van der Waals surface area (Å²) >= 11 is 0. The van der Waals surface area contributed by atoms with Crippen LogP contribution in [-0.2, 0) is 11.3 Å². The van der Waals surface area contributed by atoms with Crippen molar-refractivity contribution in [3.63, 3.8) is 0 Å². The number of rotatable bonds is 7. The number of aryl methyl sites for hydroxylation is 1. The second-order valence-corrected chi connectivity index (χ2v) is 5.82. The minimum absolute atomic E-state index is 0.158. The molecule has 0 aliphatic rings. The third kappa shape index (κ3) is 3.90. The standard InChI is InChI=1S/C20H20N2O6/c1-12-7-5-6-8-14(12)19-21-17(28-22-19)11-27-20(23)13-9-15(24-2)18(26-4)16(10-13)25-3/h5-10H,11H2,1-4H3. The number of ether oxygens (including phenoxy) is 4. The molecule has 8 heteroatoms. The zero-order chi connectivity index (χ0) is 20.1. The summed E-state index contributed by atoms with van der Waals surface area (Å²) in [5.41, 5.74) is 2.12. The van der Waals surface area contributed by atoms with Crippen LogP contribution in [0.3, 0.4) is 0 Å². The molecular formula is C20H20N2O6. The summed E-state index contributed by atoms with van der Waals surface area (Å²) in [6.07, 6.45) is 0. The Balaban J connectivity index is 1.74. The smallest absolute Gasteiger partial charge is 0.338 e. The van der Waals surface area contributed by atoms with Crippen LogP contribution in [0.5, 0.6) is 17.2 Å². The first-order valence-electron chi connectivity index (χ1n) is 8.43. The molecule has 1 heterocycles. The van der Waals surface area contributed by atoms with Crippen molar-refractivity contribution < 1.29 is 28.3 Å². The summed E-state index contributed by atoms with van der Waals surface area (Å²) in [7, 11) is 4.43. The van der Waals surface area contributed by atoms with E-state index in [1.165, 1.54) is 33.5 Å². The lowest BCUT2D eigenvalue weighted by molar-refractivity contribution is 0.0429. The summed E-state index contributed by atoms with van der Waals surface area (Å²) in [5.74, 6) is 1.15. The highest BCUT2D eigenvalue weighted by Gasteiger charge is 2.19. The van der Waals surface area contributed by atoms with E-state index in [1.54, 1.807) is 0 Å². The second kappa shape index (κ2) is 8.43. The zero-order valence-electron chi connectivity index (χ0n) is 16.0. The van der Waals surface area contributed by atoms with Crippen LogP contribution in [0.15, 0.2) is 40.9 Å². The molecule has 0 saturated heterocycles. The summed E-state index contributed by atoms with van der Waals surface area (Å²) < 4.78 is 26.2. The maximum atomic E-state index is 12.4. The number of hydrogen-bond donors (Lipinski definition) is 0. The zero-order valence-corrected chi connectivity index (χ0v) is 16.0. The first-order valence-corrected chi connectivity index (χ1v) is 8.43. The van der Waals surface area contributed by atoms with E-state index < -0.39 is 5.97 Å². The minimum atomic E-state index is -0.588. The molecule has 0 aliphatic carbocycles. The number of esters is 1. The molecule has 146 valence electrons. The SMILES string of the molecule is COc1cc(C(=O)OCc2nc(-c3ccccc3C)no2)cc(OC)c1OC. The Morgan fingerprint density at radius 2 is 1.71 bits per heavy atom. The molecule has 0 spiro atoms. The van der Waals surface area contributed by atoms with Crippen molar-refractivity contribution in [3.05, 3.63) is 53.4 Å². The van der Waals surface area contributed by atoms with Crippen molar-refractivity contribution in [1.82, 2.24) is 10.1 Å². The third-order valence-corrected chi connectivity index (χ3v) is 4.08. The van der Waals surface area contributed by atoms with Crippen LogP contribution >= 0.6 is 0 Å². The number of methoxy groups -OCH3 is 3. The summed E-state index contributed by atoms with van der Waals surface area (Å²) in [6.45, 7) is 1.80. The number of benzene rings is 2. The quantitative estimate of drug-likeness (QED) is 0.572. The van der Waals surface area contributed by atoms with Gasteiger partial charge in [-0.25, -0.2) is 4.79 Å². The molecule has 0 N–H and O–H groups in total. The second-order valence-electron chi connectivity index (χ2n) is 5.82. The fourth-order valence-corrected chi connectivity index (χ4v) is 2.66. The Hall–Kier alpha value is -3.55. The number of aromatic nitrogens is 2. The van der Waals surface area contributed by atoms with Gasteiger partial charge < -0.3 is 23.5 Å². The van der Waals surface area contributed by atoms with Crippen LogP contribution in [0.4, 0.5) is 0 Å². The number of carbonyl (C=O) groups is 1. The molecule has 1 aromatic heterocycles. The minimum Gasteiger partial charge on any atom is -0.493 e. The van der Waals surface area contributed by atoms with Crippen molar-refractivity contribution >= 4 is 5.97 Å². The van der Waals surface area contributed by atoms with Gasteiger partial charge in [0.25, 0.3) is 5.89 Å². The van der Waals surface area contributed by atoms with Gasteiger partial charge in [-0.2, -0.15) is 4.98 Å². The molecular weight excluding hydrogens is 364 g/mol. The third-order valence-electron chi connectivity index (χ3n) is 4.08. The molecule has 0 atom stereocenters. The lowest BCUT2D eigenvalue weighted by Gasteiger charge is -2.13. The fourth-order valence-electron chi connectivity index (χ4n) is 2.66. The molecule has 2 aromatic carbocycles. The van der Waals surface area contributed by atoms with Crippen LogP contribution in [0.2, 0.25) is 0 Å². The Bertz CT molecular complexity index is 957. The fraction of sp³-hybridized carbons (Fsp3) is 0.250. The Kier molecular flexibility index (Phi) is 5.78. The van der Waals surface area contributed by atoms with Crippen molar-refractivity contribution in [1.29, 1.82) is 0 Å². The van der Waals surface area contributed by atoms with E-state index in [0.29, 0.717) is 23.1 Å². The predicted molar refractivity (Wildman–Crippen MR) is 99.7 cm³/mol. The molecule has 0 fully saturated rings. The molecule has 0 unspecified atom stereocenters. The van der Waals surface area contributed by atoms with Gasteiger partial charge in [-0.05, 0) is 24.6 Å². The molecule has 3 aromatic rings. The maximum absolute atomic E-state index is 12.4. The van der Waals surface area contributed by atoms with Crippen molar-refractivity contribution in [2.75, 3.05) is 21.3 Å². The molecule has 8 nitrogen and oxygen atoms in total. The number of hydrogen-bond acceptors (Lipinski definition) is 8. The van der Waals surface area contributed by atoms with Crippen LogP contribution in [0.1, 0.15) is 21.8 Å². The summed E-state index contributed by atoms with van der Waals surface area (Å²) in [4.78, 5) is 16.7. The number of nitrogens with zero attached hydrogens (tertiary/aromatic N) is 2. The Morgan fingerprint density at radius 1 is 1.04 bits per heavy atom. The monoisotopic (exact) mass is 384 g/mol. The summed E-state index contributed by atoms with van der Waals surface area (Å²) in [5, 5.41) is 3.94. The highest BCUT2D eigenvalue weighted by Crippen LogP contribution is 2.38. The average Bonchev–Trinajstić information content (AvgIpc) is 3.19. The molecule has 0 saturated carbocycles. The average molecular weight is 384 g/mol. The predicted octanol–water partition coefficient (Wildman–Crippen LogP) is 3.43. The van der Waals surface area contributed by atoms with Crippen molar-refractivity contribution in [2.24, 2.45) is 0 Å². The van der Waals surface area contributed by atoms with E-state index in [9.17, 15) is 4.79 Å². The van der Waals surface area contributed by atoms with Gasteiger partial charge in [0.05, 0.1) is 26.9 Å². The van der Waals surface area contributed by atoms with Gasteiger partial charge in [0.15, 0.2) is 18.1 Å². The largest absolute Gasteiger partial charge is 0.493 e. The topological polar surface area (TPSA) is 92.9 Å². The lowest BCUT2D eigenvalue weighted by Crippen LogP contribution is -2.07. The van der Waals surface area contributed by atoms with Gasteiger partial charge in [0.2, 0.25) is 11.6 Å². The van der Waals surface area contributed by atoms with Crippen LogP contribution in [-0.4, -0.2) is 37.4 Å². The first kappa shape index (κ1) is 19.2. The Labute approximate surface area is 162 Å². The van der Waals surface area contributed by atoms with Crippen molar-refractivity contribution in [3.8, 4) is 28.6 Å². The van der Waals surface area contributed by atoms with Gasteiger partial charge in [0, 0.05) is 5.56 Å². The molecule has 0 bridgehead atoms. The van der Waals surface area contributed by atoms with E-state index in [0.717, 1.165) is 11.1 Å². The maximum Gasteiger partial charge on any atom is 0.338 e. The molecule has 0 amide bonds. The molecule has 28 heavy (non-hydrogen) atoms. The van der Waals surface area contributed by atoms with E-state index in [-0.39, 0.29) is 18.1 Å². The molecule has 0 aliphatic heterocycles. The highest BCUT2D eigenvalue weighted by atomic mass is 16.6. The Morgan fingerprint density at radius 3 is 2.32 bits per heavy atom. The van der Waals surface area contributed by atoms with Gasteiger partial charge >= 0.3 is 5.97 Å². The molecule has 0 radical (unpaired) electrons. The molecule has 3 rings (SSSR count). The van der Waals surface area contributed by atoms with E-state index in [1.807, 2.05) is 31.2 Å². The van der Waals surface area contributed by atoms with E-state index >= 15 is 0 Å². The first-order chi connectivity index (χ1) is 13.6. The van der Waals surface area contributed by atoms with E-state index in [2.05, 4.69) is 10.1 Å². The van der Waals surface area contributed by atoms with Gasteiger partial charge in [-0.1, -0.05) is 29.4 Å². The summed E-state index contributed by atoms with van der Waals surface area (Å²) in [6, 6.07) is 10.7. The number of carbonyl (C=O) groups excluding carboxylic acids is 1. The van der Waals surface area contributed by atoms with E-state index in [4.69, 9.17) is 23.5 Å². The highest BCUT2D eigenvalue weighted by molar-refractivity contribution is 5.91. The normalized spacial score (nSPS) is 10.4. The lowest BCUT2D eigenvalue weighted by atomic mass is 10.1. The van der Waals surface area contributed by atoms with Crippen molar-refractivity contribution in [2.45, 2.75) is 13.5 Å². The van der Waals surface area contributed by atoms with Crippen LogP contribution < -0.4 is 14.2 Å². The van der Waals surface area contributed by atoms with Crippen LogP contribution in [0.25, 0.3) is 11.4 Å².